The van der Waals surface area contributed by atoms with E-state index in [0.29, 0.717) is 11.1 Å². The molecule has 2 heterocycles. The summed E-state index contributed by atoms with van der Waals surface area (Å²) in [4.78, 5) is 29.0. The van der Waals surface area contributed by atoms with Gasteiger partial charge in [-0.3, -0.25) is 9.59 Å². The highest BCUT2D eigenvalue weighted by Gasteiger charge is 2.10. The number of hydrogen-bond acceptors (Lipinski definition) is 6. The van der Waals surface area contributed by atoms with Crippen LogP contribution in [-0.4, -0.2) is 23.2 Å². The molecule has 0 bridgehead atoms. The van der Waals surface area contributed by atoms with E-state index in [2.05, 4.69) is 21.1 Å². The fourth-order valence-corrected chi connectivity index (χ4v) is 4.16. The molecule has 0 fully saturated rings. The average molecular weight is 439 g/mol. The molecule has 2 amide bonds. The van der Waals surface area contributed by atoms with E-state index in [1.165, 1.54) is 9.75 Å². The van der Waals surface area contributed by atoms with Gasteiger partial charge in [-0.15, -0.1) is 22.7 Å². The van der Waals surface area contributed by atoms with Crippen molar-refractivity contribution < 1.29 is 9.59 Å². The van der Waals surface area contributed by atoms with Crippen LogP contribution in [0.25, 0.3) is 0 Å². The molecule has 30 heavy (non-hydrogen) atoms. The van der Waals surface area contributed by atoms with Crippen LogP contribution in [0.4, 0.5) is 0 Å². The number of benzene rings is 1. The zero-order valence-corrected chi connectivity index (χ0v) is 18.8. The Labute approximate surface area is 183 Å². The number of thiophene rings is 2. The Kier molecular flexibility index (Phi) is 6.91. The van der Waals surface area contributed by atoms with Crippen LogP contribution in [0, 0.1) is 13.8 Å². The average Bonchev–Trinajstić information content (AvgIpc) is 3.38. The van der Waals surface area contributed by atoms with Gasteiger partial charge in [0.25, 0.3) is 11.8 Å². The number of nitrogens with zero attached hydrogens (tertiary/aromatic N) is 2. The highest BCUT2D eigenvalue weighted by molar-refractivity contribution is 7.14. The van der Waals surface area contributed by atoms with Gasteiger partial charge in [-0.1, -0.05) is 0 Å². The van der Waals surface area contributed by atoms with Crippen LogP contribution in [-0.2, 0) is 0 Å². The van der Waals surface area contributed by atoms with Gasteiger partial charge in [0.1, 0.15) is 0 Å². The minimum absolute atomic E-state index is 0.337. The number of carbonyl (C=O) groups excluding carboxylic acids is 2. The molecule has 0 saturated carbocycles. The second-order valence-corrected chi connectivity index (χ2v) is 9.25. The van der Waals surface area contributed by atoms with Gasteiger partial charge in [-0.2, -0.15) is 10.2 Å². The van der Waals surface area contributed by atoms with Crippen molar-refractivity contribution in [1.29, 1.82) is 0 Å². The molecule has 0 aliphatic heterocycles. The molecule has 2 aromatic heterocycles. The van der Waals surface area contributed by atoms with Gasteiger partial charge in [-0.05, 0) is 76.2 Å². The Morgan fingerprint density at radius 1 is 0.667 bits per heavy atom. The predicted molar refractivity (Wildman–Crippen MR) is 124 cm³/mol. The Morgan fingerprint density at radius 2 is 1.03 bits per heavy atom. The first kappa shape index (κ1) is 21.6. The smallest absolute Gasteiger partial charge is 0.267 e. The summed E-state index contributed by atoms with van der Waals surface area (Å²) in [6.07, 6.45) is 0. The maximum Gasteiger partial charge on any atom is 0.271 e. The maximum atomic E-state index is 12.3. The zero-order valence-electron chi connectivity index (χ0n) is 17.1. The van der Waals surface area contributed by atoms with Crippen molar-refractivity contribution in [3.63, 3.8) is 0 Å². The number of hydrazone groups is 2. The highest BCUT2D eigenvalue weighted by atomic mass is 32.1. The Balaban J connectivity index is 1.59. The zero-order chi connectivity index (χ0) is 21.7. The minimum Gasteiger partial charge on any atom is -0.267 e. The quantitative estimate of drug-likeness (QED) is 0.431. The lowest BCUT2D eigenvalue weighted by molar-refractivity contribution is 0.0943. The summed E-state index contributed by atoms with van der Waals surface area (Å²) in [5, 5.41) is 8.30. The van der Waals surface area contributed by atoms with E-state index >= 15 is 0 Å². The van der Waals surface area contributed by atoms with Gasteiger partial charge in [0.15, 0.2) is 0 Å². The third kappa shape index (κ3) is 5.49. The third-order valence-corrected chi connectivity index (χ3v) is 6.47. The molecule has 0 aliphatic rings. The number of hydrogen-bond donors (Lipinski definition) is 2. The molecule has 0 radical (unpaired) electrons. The molecular weight excluding hydrogens is 416 g/mol. The topological polar surface area (TPSA) is 82.9 Å². The van der Waals surface area contributed by atoms with Crippen LogP contribution in [0.2, 0.25) is 0 Å². The molecule has 0 saturated heterocycles. The lowest BCUT2D eigenvalue weighted by Gasteiger charge is -2.04. The largest absolute Gasteiger partial charge is 0.271 e. The molecule has 0 spiro atoms. The molecule has 0 atom stereocenters. The molecule has 0 unspecified atom stereocenters. The molecule has 154 valence electrons. The van der Waals surface area contributed by atoms with E-state index in [-0.39, 0.29) is 11.8 Å². The fraction of sp³-hybridized carbons (Fsp3) is 0.182. The third-order valence-electron chi connectivity index (χ3n) is 4.25. The molecule has 3 aromatic rings. The number of nitrogens with one attached hydrogen (secondary N) is 2. The van der Waals surface area contributed by atoms with E-state index in [9.17, 15) is 9.59 Å². The van der Waals surface area contributed by atoms with Crippen molar-refractivity contribution in [3.05, 3.63) is 79.2 Å². The minimum atomic E-state index is -0.337. The van der Waals surface area contributed by atoms with E-state index < -0.39 is 0 Å². The summed E-state index contributed by atoms with van der Waals surface area (Å²) in [6, 6.07) is 14.3. The van der Waals surface area contributed by atoms with E-state index in [1.807, 2.05) is 52.0 Å². The first-order valence-corrected chi connectivity index (χ1v) is 10.9. The molecule has 1 aromatic carbocycles. The van der Waals surface area contributed by atoms with E-state index in [4.69, 9.17) is 0 Å². The van der Waals surface area contributed by atoms with Gasteiger partial charge in [0.2, 0.25) is 0 Å². The van der Waals surface area contributed by atoms with Crippen LogP contribution < -0.4 is 10.9 Å². The van der Waals surface area contributed by atoms with Crippen molar-refractivity contribution in [2.75, 3.05) is 0 Å². The summed E-state index contributed by atoms with van der Waals surface area (Å²) in [7, 11) is 0. The van der Waals surface area contributed by atoms with Gasteiger partial charge in [-0.25, -0.2) is 10.9 Å². The normalized spacial score (nSPS) is 12.0. The van der Waals surface area contributed by atoms with Gasteiger partial charge in [0, 0.05) is 20.9 Å². The summed E-state index contributed by atoms with van der Waals surface area (Å²) in [5.74, 6) is -0.673. The monoisotopic (exact) mass is 438 g/mol. The molecule has 6 nitrogen and oxygen atoms in total. The van der Waals surface area contributed by atoms with Gasteiger partial charge >= 0.3 is 0 Å². The predicted octanol–water partition coefficient (Wildman–Crippen LogP) is 4.73. The Hall–Kier alpha value is -3.10. The van der Waals surface area contributed by atoms with E-state index in [0.717, 1.165) is 21.2 Å². The van der Waals surface area contributed by atoms with Crippen LogP contribution in [0.15, 0.2) is 58.7 Å². The second kappa shape index (κ2) is 9.60. The summed E-state index contributed by atoms with van der Waals surface area (Å²) < 4.78 is 0. The number of aryl methyl sites for hydroxylation is 2. The number of rotatable bonds is 6. The second-order valence-electron chi connectivity index (χ2n) is 6.67. The summed E-state index contributed by atoms with van der Waals surface area (Å²) in [5.41, 5.74) is 7.42. The first-order valence-electron chi connectivity index (χ1n) is 9.26. The van der Waals surface area contributed by atoms with Crippen LogP contribution in [0.1, 0.15) is 54.1 Å². The van der Waals surface area contributed by atoms with Crippen LogP contribution in [0.3, 0.4) is 0 Å². The maximum absolute atomic E-state index is 12.3. The molecule has 2 N–H and O–H groups in total. The van der Waals surface area contributed by atoms with Crippen LogP contribution in [0.5, 0.6) is 0 Å². The number of carbonyl (C=O) groups is 2. The standard InChI is InChI=1S/C22H22N4O2S2/c1-13-5-11-19(29-13)15(3)23-25-21(27)17-7-9-18(10-8-17)22(28)26-24-16(4)20-12-6-14(2)30-20/h5-12H,1-4H3,(H,25,27)(H,26,28)/b23-15+,24-16+. The van der Waals surface area contributed by atoms with Crippen molar-refractivity contribution >= 4 is 45.9 Å². The van der Waals surface area contributed by atoms with Gasteiger partial charge < -0.3 is 0 Å². The summed E-state index contributed by atoms with van der Waals surface area (Å²) in [6.45, 7) is 7.74. The van der Waals surface area contributed by atoms with Crippen molar-refractivity contribution in [2.24, 2.45) is 10.2 Å². The molecule has 8 heteroatoms. The molecule has 0 aliphatic carbocycles. The fourth-order valence-electron chi connectivity index (χ4n) is 2.54. The van der Waals surface area contributed by atoms with E-state index in [1.54, 1.807) is 46.9 Å². The highest BCUT2D eigenvalue weighted by Crippen LogP contribution is 2.16. The summed E-state index contributed by atoms with van der Waals surface area (Å²) >= 11 is 3.24. The van der Waals surface area contributed by atoms with Crippen molar-refractivity contribution in [3.8, 4) is 0 Å². The van der Waals surface area contributed by atoms with Crippen LogP contribution >= 0.6 is 22.7 Å². The molecular formula is C22H22N4O2S2. The van der Waals surface area contributed by atoms with Crippen molar-refractivity contribution in [2.45, 2.75) is 27.7 Å². The number of amides is 2. The Morgan fingerprint density at radius 3 is 1.33 bits per heavy atom. The molecule has 3 rings (SSSR count). The lowest BCUT2D eigenvalue weighted by Crippen LogP contribution is -2.21. The Bertz CT molecular complexity index is 1030. The lowest BCUT2D eigenvalue weighted by atomic mass is 10.1. The van der Waals surface area contributed by atoms with Crippen molar-refractivity contribution in [1.82, 2.24) is 10.9 Å². The SMILES string of the molecule is C/C(=N\NC(=O)c1ccc(C(=O)N/N=C(\C)c2ccc(C)s2)cc1)c1ccc(C)s1. The van der Waals surface area contributed by atoms with Gasteiger partial charge in [0.05, 0.1) is 21.2 Å². The first-order chi connectivity index (χ1) is 14.3.